The number of hydrogen-bond acceptors (Lipinski definition) is 1. The van der Waals surface area contributed by atoms with Gasteiger partial charge in [0.15, 0.2) is 0 Å². The highest BCUT2D eigenvalue weighted by molar-refractivity contribution is 8.93. The number of halogens is 1. The molecule has 0 aliphatic carbocycles. The first-order valence-electron chi connectivity index (χ1n) is 7.00. The van der Waals surface area contributed by atoms with E-state index in [0.717, 1.165) is 12.1 Å². The molecule has 2 nitrogen and oxygen atoms in total. The largest absolute Gasteiger partial charge is 0.311 e. The van der Waals surface area contributed by atoms with Gasteiger partial charge in [-0.3, -0.25) is 0 Å². The minimum atomic E-state index is 0. The molecule has 1 rings (SSSR count). The third-order valence-electron chi connectivity index (χ3n) is 3.19. The van der Waals surface area contributed by atoms with E-state index in [0.29, 0.717) is 0 Å². The molecule has 0 bridgehead atoms. The van der Waals surface area contributed by atoms with Crippen LogP contribution in [0.25, 0.3) is 5.70 Å². The van der Waals surface area contributed by atoms with E-state index in [1.54, 1.807) is 6.20 Å². The molecular weight excluding hydrogens is 288 g/mol. The van der Waals surface area contributed by atoms with Crippen LogP contribution in [0.3, 0.4) is 0 Å². The Bertz CT molecular complexity index is 293. The summed E-state index contributed by atoms with van der Waals surface area (Å²) in [6.45, 7) is 6.34. The minimum absolute atomic E-state index is 0. The molecule has 0 spiro atoms. The predicted octanol–water partition coefficient (Wildman–Crippen LogP) is 5.46. The van der Waals surface area contributed by atoms with E-state index in [9.17, 15) is 0 Å². The fraction of sp³-hybridized carbons (Fsp3) is 0.667. The molecule has 3 heteroatoms. The van der Waals surface area contributed by atoms with Crippen molar-refractivity contribution >= 4 is 22.7 Å². The van der Waals surface area contributed by atoms with Crippen molar-refractivity contribution < 1.29 is 0 Å². The van der Waals surface area contributed by atoms with Crippen LogP contribution in [-0.2, 0) is 0 Å². The highest BCUT2D eigenvalue weighted by Gasteiger charge is 1.97. The van der Waals surface area contributed by atoms with Crippen LogP contribution in [0.5, 0.6) is 0 Å². The summed E-state index contributed by atoms with van der Waals surface area (Å²) in [6, 6.07) is 0. The Hall–Kier alpha value is -0.570. The Morgan fingerprint density at radius 3 is 2.22 bits per heavy atom. The fourth-order valence-electron chi connectivity index (χ4n) is 2.04. The van der Waals surface area contributed by atoms with Crippen molar-refractivity contribution in [2.75, 3.05) is 0 Å². The Labute approximate surface area is 122 Å². The molecule has 0 aliphatic heterocycles. The molecule has 0 unspecified atom stereocenters. The van der Waals surface area contributed by atoms with Crippen molar-refractivity contribution in [1.29, 1.82) is 0 Å². The van der Waals surface area contributed by atoms with Crippen LogP contribution in [0, 0.1) is 0 Å². The van der Waals surface area contributed by atoms with Gasteiger partial charge in [-0.25, -0.2) is 4.98 Å². The normalized spacial score (nSPS) is 10.1. The zero-order valence-corrected chi connectivity index (χ0v) is 13.3. The van der Waals surface area contributed by atoms with Crippen molar-refractivity contribution in [1.82, 2.24) is 9.55 Å². The van der Waals surface area contributed by atoms with E-state index in [4.69, 9.17) is 0 Å². The lowest BCUT2D eigenvalue weighted by Crippen LogP contribution is -1.92. The van der Waals surface area contributed by atoms with Gasteiger partial charge in [-0.2, -0.15) is 0 Å². The van der Waals surface area contributed by atoms with Gasteiger partial charge in [-0.1, -0.05) is 58.4 Å². The Morgan fingerprint density at radius 1 is 1.06 bits per heavy atom. The third-order valence-corrected chi connectivity index (χ3v) is 3.19. The summed E-state index contributed by atoms with van der Waals surface area (Å²) < 4.78 is 2.02. The van der Waals surface area contributed by atoms with Crippen LogP contribution in [0.1, 0.15) is 64.7 Å². The molecule has 1 aromatic heterocycles. The van der Waals surface area contributed by atoms with Crippen molar-refractivity contribution in [3.63, 3.8) is 0 Å². The average Bonchev–Trinajstić information content (AvgIpc) is 2.86. The standard InChI is InChI=1S/C15H26N2.BrH/c1-3-4-5-6-7-8-9-10-11-15(2)17-13-12-16-14-17;/h12-14H,2-11H2,1H3;1H. The van der Waals surface area contributed by atoms with Crippen molar-refractivity contribution in [2.24, 2.45) is 0 Å². The SMILES string of the molecule is Br.C=C(CCCCCCCCCC)n1ccnc1. The maximum Gasteiger partial charge on any atom is 0.0988 e. The van der Waals surface area contributed by atoms with E-state index in [1.807, 2.05) is 17.1 Å². The van der Waals surface area contributed by atoms with Gasteiger partial charge in [0.25, 0.3) is 0 Å². The highest BCUT2D eigenvalue weighted by atomic mass is 79.9. The number of nitrogens with zero attached hydrogens (tertiary/aromatic N) is 2. The van der Waals surface area contributed by atoms with Crippen LogP contribution in [0.2, 0.25) is 0 Å². The zero-order valence-electron chi connectivity index (χ0n) is 11.6. The lowest BCUT2D eigenvalue weighted by Gasteiger charge is -2.06. The molecule has 0 saturated carbocycles. The Morgan fingerprint density at radius 2 is 1.67 bits per heavy atom. The van der Waals surface area contributed by atoms with Gasteiger partial charge in [0.1, 0.15) is 0 Å². The molecule has 1 aromatic rings. The van der Waals surface area contributed by atoms with Gasteiger partial charge < -0.3 is 4.57 Å². The van der Waals surface area contributed by atoms with Gasteiger partial charge in [-0.15, -0.1) is 17.0 Å². The lowest BCUT2D eigenvalue weighted by molar-refractivity contribution is 0.577. The molecule has 18 heavy (non-hydrogen) atoms. The predicted molar refractivity (Wildman–Crippen MR) is 85.1 cm³/mol. The number of hydrogen-bond donors (Lipinski definition) is 0. The maximum atomic E-state index is 4.08. The Balaban J connectivity index is 0.00000289. The summed E-state index contributed by atoms with van der Waals surface area (Å²) in [5.74, 6) is 0. The smallest absolute Gasteiger partial charge is 0.0988 e. The summed E-state index contributed by atoms with van der Waals surface area (Å²) in [6.07, 6.45) is 17.6. The molecule has 0 fully saturated rings. The lowest BCUT2D eigenvalue weighted by atomic mass is 10.1. The summed E-state index contributed by atoms with van der Waals surface area (Å²) in [7, 11) is 0. The van der Waals surface area contributed by atoms with Crippen LogP contribution in [-0.4, -0.2) is 9.55 Å². The molecule has 104 valence electrons. The van der Waals surface area contributed by atoms with Crippen LogP contribution in [0.4, 0.5) is 0 Å². The minimum Gasteiger partial charge on any atom is -0.311 e. The van der Waals surface area contributed by atoms with Crippen molar-refractivity contribution in [2.45, 2.75) is 64.7 Å². The second-order valence-corrected chi connectivity index (χ2v) is 4.76. The first-order chi connectivity index (χ1) is 8.34. The molecule has 1 heterocycles. The van der Waals surface area contributed by atoms with Gasteiger partial charge in [-0.05, 0) is 12.8 Å². The average molecular weight is 315 g/mol. The van der Waals surface area contributed by atoms with Gasteiger partial charge in [0.05, 0.1) is 6.33 Å². The summed E-state index contributed by atoms with van der Waals surface area (Å²) in [5.41, 5.74) is 1.16. The number of imidazole rings is 1. The molecule has 0 saturated heterocycles. The molecule has 0 radical (unpaired) electrons. The van der Waals surface area contributed by atoms with E-state index in [1.165, 1.54) is 51.4 Å². The summed E-state index contributed by atoms with van der Waals surface area (Å²) in [4.78, 5) is 4.03. The van der Waals surface area contributed by atoms with Gasteiger partial charge >= 0.3 is 0 Å². The van der Waals surface area contributed by atoms with Crippen LogP contribution >= 0.6 is 17.0 Å². The molecule has 0 aliphatic rings. The zero-order chi connectivity index (χ0) is 12.3. The summed E-state index contributed by atoms with van der Waals surface area (Å²) in [5, 5.41) is 0. The highest BCUT2D eigenvalue weighted by Crippen LogP contribution is 2.14. The molecule has 0 amide bonds. The van der Waals surface area contributed by atoms with Crippen LogP contribution < -0.4 is 0 Å². The van der Waals surface area contributed by atoms with E-state index in [-0.39, 0.29) is 17.0 Å². The summed E-state index contributed by atoms with van der Waals surface area (Å²) >= 11 is 0. The second-order valence-electron chi connectivity index (χ2n) is 4.76. The number of rotatable bonds is 10. The fourth-order valence-corrected chi connectivity index (χ4v) is 2.04. The molecule has 0 aromatic carbocycles. The Kier molecular flexibility index (Phi) is 11.2. The third kappa shape index (κ3) is 7.70. The van der Waals surface area contributed by atoms with E-state index >= 15 is 0 Å². The monoisotopic (exact) mass is 314 g/mol. The topological polar surface area (TPSA) is 17.8 Å². The number of unbranched alkanes of at least 4 members (excludes halogenated alkanes) is 7. The molecule has 0 atom stereocenters. The quantitative estimate of drug-likeness (QED) is 0.524. The molecule has 0 N–H and O–H groups in total. The van der Waals surface area contributed by atoms with Gasteiger partial charge in [0.2, 0.25) is 0 Å². The first kappa shape index (κ1) is 17.4. The second kappa shape index (κ2) is 11.5. The number of allylic oxidation sites excluding steroid dienone is 1. The first-order valence-corrected chi connectivity index (χ1v) is 7.00. The van der Waals surface area contributed by atoms with Crippen molar-refractivity contribution in [3.05, 3.63) is 25.3 Å². The number of aromatic nitrogens is 2. The molecular formula is C15H27BrN2. The van der Waals surface area contributed by atoms with Crippen molar-refractivity contribution in [3.8, 4) is 0 Å². The van der Waals surface area contributed by atoms with E-state index < -0.39 is 0 Å². The van der Waals surface area contributed by atoms with Crippen LogP contribution in [0.15, 0.2) is 25.3 Å². The van der Waals surface area contributed by atoms with Gasteiger partial charge in [0, 0.05) is 18.1 Å². The maximum absolute atomic E-state index is 4.08. The van der Waals surface area contributed by atoms with E-state index in [2.05, 4.69) is 18.5 Å².